The molecule has 0 atom stereocenters. The molecule has 7 heteroatoms. The van der Waals surface area contributed by atoms with Crippen molar-refractivity contribution >= 4 is 23.3 Å². The molecule has 6 nitrogen and oxygen atoms in total. The molecular weight excluding hydrogens is 302 g/mol. The number of urea groups is 1. The van der Waals surface area contributed by atoms with Crippen molar-refractivity contribution in [3.05, 3.63) is 51.5 Å². The molecule has 2 aromatic rings. The molecule has 0 fully saturated rings. The van der Waals surface area contributed by atoms with Crippen LogP contribution in [0.3, 0.4) is 0 Å². The number of benzene rings is 1. The molecule has 0 unspecified atom stereocenters. The van der Waals surface area contributed by atoms with E-state index in [-0.39, 0.29) is 11.6 Å². The number of aromatic carboxylic acids is 1. The van der Waals surface area contributed by atoms with Crippen molar-refractivity contribution < 1.29 is 14.7 Å². The summed E-state index contributed by atoms with van der Waals surface area (Å²) in [6.45, 7) is 2.85. The molecule has 3 N–H and O–H groups in total. The summed E-state index contributed by atoms with van der Waals surface area (Å²) in [5.41, 5.74) is 3.88. The molecule has 1 aromatic heterocycles. The van der Waals surface area contributed by atoms with Gasteiger partial charge >= 0.3 is 12.0 Å². The molecule has 2 rings (SSSR count). The van der Waals surface area contributed by atoms with Crippen molar-refractivity contribution in [2.75, 3.05) is 6.54 Å². The average molecular weight is 319 g/mol. The molecule has 2 amide bonds. The molecule has 1 aromatic carbocycles. The molecule has 0 aliphatic rings. The minimum atomic E-state index is -0.962. The van der Waals surface area contributed by atoms with Gasteiger partial charge in [-0.15, -0.1) is 11.3 Å². The van der Waals surface area contributed by atoms with Gasteiger partial charge in [-0.3, -0.25) is 0 Å². The maximum atomic E-state index is 11.7. The number of nitrogens with one attached hydrogen (secondary N) is 2. The predicted octanol–water partition coefficient (Wildman–Crippen LogP) is 2.19. The minimum Gasteiger partial charge on any atom is -0.478 e. The van der Waals surface area contributed by atoms with Gasteiger partial charge in [-0.25, -0.2) is 14.6 Å². The number of amides is 2. The fourth-order valence-corrected chi connectivity index (χ4v) is 2.65. The smallest absolute Gasteiger partial charge is 0.335 e. The number of carbonyl (C=O) groups is 2. The Morgan fingerprint density at radius 1 is 1.23 bits per heavy atom. The van der Waals surface area contributed by atoms with Crippen LogP contribution in [0, 0.1) is 6.92 Å². The maximum absolute atomic E-state index is 11.7. The van der Waals surface area contributed by atoms with Crippen LogP contribution in [-0.4, -0.2) is 28.6 Å². The zero-order chi connectivity index (χ0) is 15.9. The zero-order valence-electron chi connectivity index (χ0n) is 12.1. The molecule has 0 saturated carbocycles. The molecule has 0 saturated heterocycles. The van der Waals surface area contributed by atoms with E-state index < -0.39 is 5.97 Å². The first kappa shape index (κ1) is 16.0. The van der Waals surface area contributed by atoms with Crippen LogP contribution in [0.4, 0.5) is 4.79 Å². The largest absolute Gasteiger partial charge is 0.478 e. The van der Waals surface area contributed by atoms with E-state index >= 15 is 0 Å². The molecule has 0 spiro atoms. The standard InChI is InChI=1S/C15H17N3O3S/c1-10-13(22-9-18-10)6-7-16-15(21)17-8-11-2-4-12(5-3-11)14(19)20/h2-5,9H,6-8H2,1H3,(H,19,20)(H2,16,17,21). The topological polar surface area (TPSA) is 91.3 Å². The van der Waals surface area contributed by atoms with E-state index in [4.69, 9.17) is 5.11 Å². The summed E-state index contributed by atoms with van der Waals surface area (Å²) in [5, 5.41) is 14.3. The number of carbonyl (C=O) groups excluding carboxylic acids is 1. The van der Waals surface area contributed by atoms with Crippen molar-refractivity contribution in [1.82, 2.24) is 15.6 Å². The zero-order valence-corrected chi connectivity index (χ0v) is 12.9. The van der Waals surface area contributed by atoms with Crippen LogP contribution in [0.25, 0.3) is 0 Å². The number of aryl methyl sites for hydroxylation is 1. The lowest BCUT2D eigenvalue weighted by Crippen LogP contribution is -2.36. The van der Waals surface area contributed by atoms with Crippen molar-refractivity contribution in [1.29, 1.82) is 0 Å². The van der Waals surface area contributed by atoms with Crippen LogP contribution in [0.15, 0.2) is 29.8 Å². The third-order valence-corrected chi connectivity index (χ3v) is 4.13. The van der Waals surface area contributed by atoms with Crippen LogP contribution >= 0.6 is 11.3 Å². The van der Waals surface area contributed by atoms with Gasteiger partial charge in [0.2, 0.25) is 0 Å². The van der Waals surface area contributed by atoms with Crippen LogP contribution in [0.5, 0.6) is 0 Å². The third-order valence-electron chi connectivity index (χ3n) is 3.14. The Balaban J connectivity index is 1.71. The first-order valence-corrected chi connectivity index (χ1v) is 7.67. The Morgan fingerprint density at radius 2 is 1.95 bits per heavy atom. The summed E-state index contributed by atoms with van der Waals surface area (Å²) in [7, 11) is 0. The van der Waals surface area contributed by atoms with E-state index in [0.717, 1.165) is 17.7 Å². The van der Waals surface area contributed by atoms with E-state index in [0.29, 0.717) is 13.1 Å². The molecule has 0 radical (unpaired) electrons. The second kappa shape index (κ2) is 7.56. The first-order valence-electron chi connectivity index (χ1n) is 6.79. The number of nitrogens with zero attached hydrogens (tertiary/aromatic N) is 1. The third kappa shape index (κ3) is 4.56. The first-order chi connectivity index (χ1) is 10.6. The highest BCUT2D eigenvalue weighted by atomic mass is 32.1. The Kier molecular flexibility index (Phi) is 5.48. The Hall–Kier alpha value is -2.41. The lowest BCUT2D eigenvalue weighted by atomic mass is 10.1. The van der Waals surface area contributed by atoms with Gasteiger partial charge in [0.05, 0.1) is 16.8 Å². The van der Waals surface area contributed by atoms with Gasteiger partial charge in [0.15, 0.2) is 0 Å². The number of hydrogen-bond donors (Lipinski definition) is 3. The monoisotopic (exact) mass is 319 g/mol. The predicted molar refractivity (Wildman–Crippen MR) is 84.2 cm³/mol. The van der Waals surface area contributed by atoms with E-state index in [9.17, 15) is 9.59 Å². The highest BCUT2D eigenvalue weighted by Crippen LogP contribution is 2.11. The van der Waals surface area contributed by atoms with E-state index in [1.807, 2.05) is 6.92 Å². The number of thiazole rings is 1. The van der Waals surface area contributed by atoms with Gasteiger partial charge in [-0.2, -0.15) is 0 Å². The minimum absolute atomic E-state index is 0.230. The van der Waals surface area contributed by atoms with Crippen molar-refractivity contribution in [3.8, 4) is 0 Å². The maximum Gasteiger partial charge on any atom is 0.335 e. The Labute approximate surface area is 132 Å². The summed E-state index contributed by atoms with van der Waals surface area (Å²) in [5.74, 6) is -0.962. The molecule has 116 valence electrons. The highest BCUT2D eigenvalue weighted by molar-refractivity contribution is 7.09. The van der Waals surface area contributed by atoms with Gasteiger partial charge in [0, 0.05) is 24.4 Å². The normalized spacial score (nSPS) is 10.2. The van der Waals surface area contributed by atoms with E-state index in [1.165, 1.54) is 17.0 Å². The summed E-state index contributed by atoms with van der Waals surface area (Å²) < 4.78 is 0. The van der Waals surface area contributed by atoms with Crippen LogP contribution in [-0.2, 0) is 13.0 Å². The SMILES string of the molecule is Cc1ncsc1CCNC(=O)NCc1ccc(C(=O)O)cc1. The summed E-state index contributed by atoms with van der Waals surface area (Å²) in [6.07, 6.45) is 0.761. The fourth-order valence-electron chi connectivity index (χ4n) is 1.87. The van der Waals surface area contributed by atoms with Gasteiger partial charge in [0.25, 0.3) is 0 Å². The molecule has 0 bridgehead atoms. The van der Waals surface area contributed by atoms with Crippen LogP contribution in [0.1, 0.15) is 26.5 Å². The number of aromatic nitrogens is 1. The number of rotatable bonds is 6. The van der Waals surface area contributed by atoms with Gasteiger partial charge < -0.3 is 15.7 Å². The van der Waals surface area contributed by atoms with E-state index in [1.54, 1.807) is 29.0 Å². The highest BCUT2D eigenvalue weighted by Gasteiger charge is 2.05. The average Bonchev–Trinajstić information content (AvgIpc) is 2.91. The van der Waals surface area contributed by atoms with Gasteiger partial charge in [0.1, 0.15) is 0 Å². The summed E-state index contributed by atoms with van der Waals surface area (Å²) >= 11 is 1.58. The van der Waals surface area contributed by atoms with Crippen molar-refractivity contribution in [2.24, 2.45) is 0 Å². The number of carboxylic acids is 1. The van der Waals surface area contributed by atoms with E-state index in [2.05, 4.69) is 15.6 Å². The fraction of sp³-hybridized carbons (Fsp3) is 0.267. The quantitative estimate of drug-likeness (QED) is 0.761. The summed E-state index contributed by atoms with van der Waals surface area (Å²) in [4.78, 5) is 27.7. The van der Waals surface area contributed by atoms with Crippen LogP contribution in [0.2, 0.25) is 0 Å². The van der Waals surface area contributed by atoms with Crippen LogP contribution < -0.4 is 10.6 Å². The molecule has 0 aliphatic heterocycles. The lowest BCUT2D eigenvalue weighted by Gasteiger charge is -2.07. The lowest BCUT2D eigenvalue weighted by molar-refractivity contribution is 0.0697. The molecule has 22 heavy (non-hydrogen) atoms. The second-order valence-corrected chi connectivity index (χ2v) is 5.66. The Bertz CT molecular complexity index is 652. The number of hydrogen-bond acceptors (Lipinski definition) is 4. The number of carboxylic acid groups (broad SMARTS) is 1. The van der Waals surface area contributed by atoms with Crippen molar-refractivity contribution in [2.45, 2.75) is 19.9 Å². The molecule has 0 aliphatic carbocycles. The summed E-state index contributed by atoms with van der Waals surface area (Å²) in [6, 6.07) is 6.16. The molecule has 1 heterocycles. The van der Waals surface area contributed by atoms with Gasteiger partial charge in [-0.1, -0.05) is 12.1 Å². The Morgan fingerprint density at radius 3 is 2.55 bits per heavy atom. The molecular formula is C15H17N3O3S. The second-order valence-electron chi connectivity index (χ2n) is 4.72. The van der Waals surface area contributed by atoms with Gasteiger partial charge in [-0.05, 0) is 24.6 Å². The van der Waals surface area contributed by atoms with Crippen molar-refractivity contribution in [3.63, 3.8) is 0 Å².